The Morgan fingerprint density at radius 3 is 2.05 bits per heavy atom. The summed E-state index contributed by atoms with van der Waals surface area (Å²) in [6.45, 7) is 3.40. The number of benzene rings is 3. The zero-order valence-electron chi connectivity index (χ0n) is 22.2. The van der Waals surface area contributed by atoms with Crippen molar-refractivity contribution in [3.05, 3.63) is 100 Å². The number of amides is 2. The summed E-state index contributed by atoms with van der Waals surface area (Å²) >= 11 is 12.5. The first-order chi connectivity index (χ1) is 18.5. The summed E-state index contributed by atoms with van der Waals surface area (Å²) in [5, 5.41) is 3.17. The van der Waals surface area contributed by atoms with Crippen molar-refractivity contribution in [3.8, 4) is 0 Å². The Morgan fingerprint density at radius 1 is 0.897 bits per heavy atom. The summed E-state index contributed by atoms with van der Waals surface area (Å²) in [5.41, 5.74) is 1.75. The normalized spacial score (nSPS) is 12.8. The van der Waals surface area contributed by atoms with E-state index in [4.69, 9.17) is 23.2 Å². The zero-order chi connectivity index (χ0) is 28.6. The summed E-state index contributed by atoms with van der Waals surface area (Å²) in [5.74, 6) is -0.871. The van der Waals surface area contributed by atoms with Crippen LogP contribution in [0.15, 0.2) is 78.9 Å². The molecule has 0 heterocycles. The maximum absolute atomic E-state index is 14.0. The summed E-state index contributed by atoms with van der Waals surface area (Å²) in [6.07, 6.45) is 1.96. The van der Waals surface area contributed by atoms with Crippen LogP contribution in [0.5, 0.6) is 0 Å². The predicted molar refractivity (Wildman–Crippen MR) is 157 cm³/mol. The Bertz CT molecular complexity index is 1370. The number of halogens is 2. The summed E-state index contributed by atoms with van der Waals surface area (Å²) in [6, 6.07) is 22.2. The number of rotatable bonds is 12. The molecule has 7 nitrogen and oxygen atoms in total. The van der Waals surface area contributed by atoms with Gasteiger partial charge in [-0.3, -0.25) is 13.9 Å². The molecule has 3 aromatic carbocycles. The Kier molecular flexibility index (Phi) is 10.8. The van der Waals surface area contributed by atoms with E-state index in [9.17, 15) is 18.0 Å². The van der Waals surface area contributed by atoms with Crippen LogP contribution >= 0.6 is 23.2 Å². The average Bonchev–Trinajstić information content (AvgIpc) is 2.91. The maximum atomic E-state index is 14.0. The number of carbonyl (C=O) groups excluding carboxylic acids is 2. The van der Waals surface area contributed by atoms with E-state index >= 15 is 0 Å². The van der Waals surface area contributed by atoms with Crippen molar-refractivity contribution in [3.63, 3.8) is 0 Å². The number of hydrogen-bond acceptors (Lipinski definition) is 4. The van der Waals surface area contributed by atoms with Crippen molar-refractivity contribution >= 4 is 50.7 Å². The lowest BCUT2D eigenvalue weighted by Gasteiger charge is -2.34. The van der Waals surface area contributed by atoms with Crippen molar-refractivity contribution in [2.45, 2.75) is 45.3 Å². The second-order valence-electron chi connectivity index (χ2n) is 9.37. The molecule has 2 unspecified atom stereocenters. The second kappa shape index (κ2) is 13.8. The van der Waals surface area contributed by atoms with Gasteiger partial charge in [0, 0.05) is 19.0 Å². The molecule has 0 saturated heterocycles. The van der Waals surface area contributed by atoms with Gasteiger partial charge < -0.3 is 10.2 Å². The van der Waals surface area contributed by atoms with Gasteiger partial charge in [-0.1, -0.05) is 96.9 Å². The fourth-order valence-electron chi connectivity index (χ4n) is 4.05. The molecule has 10 heteroatoms. The van der Waals surface area contributed by atoms with E-state index in [1.165, 1.54) is 17.0 Å². The number of nitrogens with zero attached hydrogens (tertiary/aromatic N) is 2. The smallest absolute Gasteiger partial charge is 0.244 e. The van der Waals surface area contributed by atoms with Crippen LogP contribution in [0, 0.1) is 0 Å². The minimum absolute atomic E-state index is 0.0161. The van der Waals surface area contributed by atoms with Crippen LogP contribution < -0.4 is 9.62 Å². The Balaban J connectivity index is 2.06. The van der Waals surface area contributed by atoms with Gasteiger partial charge in [0.2, 0.25) is 21.8 Å². The van der Waals surface area contributed by atoms with E-state index in [0.717, 1.165) is 21.7 Å². The van der Waals surface area contributed by atoms with E-state index in [2.05, 4.69) is 5.32 Å². The molecule has 0 aliphatic carbocycles. The number of nitrogens with one attached hydrogen (secondary N) is 1. The number of sulfonamides is 1. The van der Waals surface area contributed by atoms with Crippen LogP contribution in [0.2, 0.25) is 10.0 Å². The molecule has 208 valence electrons. The molecular formula is C29H33Cl2N3O4S. The molecule has 0 bridgehead atoms. The van der Waals surface area contributed by atoms with E-state index in [1.807, 2.05) is 74.5 Å². The topological polar surface area (TPSA) is 86.8 Å². The van der Waals surface area contributed by atoms with E-state index in [1.54, 1.807) is 6.07 Å². The minimum atomic E-state index is -3.94. The number of anilines is 1. The highest BCUT2D eigenvalue weighted by Crippen LogP contribution is 2.33. The Labute approximate surface area is 240 Å². The van der Waals surface area contributed by atoms with Crippen LogP contribution in [0.3, 0.4) is 0 Å². The molecule has 0 aliphatic rings. The number of hydrogen-bond donors (Lipinski definition) is 1. The van der Waals surface area contributed by atoms with Gasteiger partial charge in [0.25, 0.3) is 0 Å². The molecule has 2 amide bonds. The summed E-state index contributed by atoms with van der Waals surface area (Å²) in [7, 11) is -3.94. The highest BCUT2D eigenvalue weighted by atomic mass is 35.5. The van der Waals surface area contributed by atoms with Crippen molar-refractivity contribution in [1.82, 2.24) is 10.2 Å². The first kappa shape index (κ1) is 30.5. The maximum Gasteiger partial charge on any atom is 0.244 e. The minimum Gasteiger partial charge on any atom is -0.352 e. The summed E-state index contributed by atoms with van der Waals surface area (Å²) in [4.78, 5) is 29.1. The third kappa shape index (κ3) is 8.46. The standard InChI is InChI=1S/C29H33Cl2N3O4S/c1-4-21(2)32-29(36)26(18-22-12-7-5-8-13-22)33(19-23-14-9-6-10-15-23)27(35)20-34(39(3,37)38)25-17-11-16-24(30)28(25)31/h5-17,21,26H,4,18-20H2,1-3H3,(H,32,36). The van der Waals surface area contributed by atoms with Gasteiger partial charge >= 0.3 is 0 Å². The van der Waals surface area contributed by atoms with E-state index < -0.39 is 28.5 Å². The fourth-order valence-corrected chi connectivity index (χ4v) is 5.36. The van der Waals surface area contributed by atoms with E-state index in [0.29, 0.717) is 6.42 Å². The molecule has 3 rings (SSSR count). The first-order valence-corrected chi connectivity index (χ1v) is 15.2. The van der Waals surface area contributed by atoms with Crippen LogP contribution in [0.25, 0.3) is 0 Å². The molecule has 1 N–H and O–H groups in total. The lowest BCUT2D eigenvalue weighted by Crippen LogP contribution is -2.54. The van der Waals surface area contributed by atoms with E-state index in [-0.39, 0.29) is 40.6 Å². The summed E-state index contributed by atoms with van der Waals surface area (Å²) < 4.78 is 26.7. The molecule has 3 aromatic rings. The monoisotopic (exact) mass is 589 g/mol. The van der Waals surface area contributed by atoms with Gasteiger partial charge in [0.1, 0.15) is 12.6 Å². The van der Waals surface area contributed by atoms with Gasteiger partial charge in [0.15, 0.2) is 0 Å². The molecule has 0 fully saturated rings. The molecule has 39 heavy (non-hydrogen) atoms. The van der Waals surface area contributed by atoms with Gasteiger partial charge in [0.05, 0.1) is 22.0 Å². The van der Waals surface area contributed by atoms with Crippen molar-refractivity contribution in [1.29, 1.82) is 0 Å². The third-order valence-electron chi connectivity index (χ3n) is 6.35. The Hall–Kier alpha value is -3.07. The van der Waals surface area contributed by atoms with Crippen LogP contribution in [0.4, 0.5) is 5.69 Å². The van der Waals surface area contributed by atoms with Crippen molar-refractivity contribution in [2.75, 3.05) is 17.1 Å². The number of carbonyl (C=O) groups is 2. The molecular weight excluding hydrogens is 557 g/mol. The van der Waals surface area contributed by atoms with Crippen molar-refractivity contribution < 1.29 is 18.0 Å². The highest BCUT2D eigenvalue weighted by Gasteiger charge is 2.34. The predicted octanol–water partition coefficient (Wildman–Crippen LogP) is 5.31. The third-order valence-corrected chi connectivity index (χ3v) is 8.28. The van der Waals surface area contributed by atoms with Gasteiger partial charge in [-0.05, 0) is 36.6 Å². The molecule has 0 aliphatic heterocycles. The SMILES string of the molecule is CCC(C)NC(=O)C(Cc1ccccc1)N(Cc1ccccc1)C(=O)CN(c1cccc(Cl)c1Cl)S(C)(=O)=O. The molecule has 2 atom stereocenters. The largest absolute Gasteiger partial charge is 0.352 e. The Morgan fingerprint density at radius 2 is 1.49 bits per heavy atom. The van der Waals surface area contributed by atoms with Crippen LogP contribution in [0.1, 0.15) is 31.4 Å². The molecule has 0 saturated carbocycles. The van der Waals surface area contributed by atoms with Crippen LogP contribution in [-0.2, 0) is 32.6 Å². The van der Waals surface area contributed by atoms with Gasteiger partial charge in [-0.25, -0.2) is 8.42 Å². The lowest BCUT2D eigenvalue weighted by atomic mass is 10.0. The molecule has 0 aromatic heterocycles. The highest BCUT2D eigenvalue weighted by molar-refractivity contribution is 7.92. The molecule has 0 radical (unpaired) electrons. The van der Waals surface area contributed by atoms with Crippen LogP contribution in [-0.4, -0.2) is 50.0 Å². The average molecular weight is 591 g/mol. The van der Waals surface area contributed by atoms with Gasteiger partial charge in [-0.2, -0.15) is 0 Å². The molecule has 0 spiro atoms. The lowest BCUT2D eigenvalue weighted by molar-refractivity contribution is -0.140. The first-order valence-electron chi connectivity index (χ1n) is 12.6. The quantitative estimate of drug-likeness (QED) is 0.310. The fraction of sp³-hybridized carbons (Fsp3) is 0.310. The zero-order valence-corrected chi connectivity index (χ0v) is 24.5. The second-order valence-corrected chi connectivity index (χ2v) is 12.1. The van der Waals surface area contributed by atoms with Gasteiger partial charge in [-0.15, -0.1) is 0 Å². The van der Waals surface area contributed by atoms with Crippen molar-refractivity contribution in [2.24, 2.45) is 0 Å².